The van der Waals surface area contributed by atoms with E-state index in [1.165, 1.54) is 5.56 Å². The minimum atomic E-state index is -0.0701. The Balaban J connectivity index is 2.05. The van der Waals surface area contributed by atoms with E-state index in [2.05, 4.69) is 18.1 Å². The van der Waals surface area contributed by atoms with E-state index in [4.69, 9.17) is 5.73 Å². The summed E-state index contributed by atoms with van der Waals surface area (Å²) in [4.78, 5) is 14.7. The molecule has 1 aliphatic rings. The van der Waals surface area contributed by atoms with E-state index >= 15 is 0 Å². The summed E-state index contributed by atoms with van der Waals surface area (Å²) in [6, 6.07) is 8.15. The molecule has 2 heterocycles. The first-order chi connectivity index (χ1) is 9.63. The number of nitrogens with two attached hydrogens (primary N) is 1. The van der Waals surface area contributed by atoms with Gasteiger partial charge in [0.25, 0.3) is 5.91 Å². The molecule has 5 heteroatoms. The Hall–Kier alpha value is -2.30. The van der Waals surface area contributed by atoms with Gasteiger partial charge >= 0.3 is 0 Å². The zero-order chi connectivity index (χ0) is 14.3. The molecule has 1 aromatic heterocycles. The normalized spacial score (nSPS) is 17.3. The number of carbonyl (C=O) groups excluding carboxylic acids is 1. The molecule has 1 unspecified atom stereocenters. The van der Waals surface area contributed by atoms with Gasteiger partial charge in [-0.05, 0) is 31.9 Å². The number of hydrogen-bond donors (Lipinski definition) is 1. The highest BCUT2D eigenvalue weighted by Crippen LogP contribution is 2.33. The van der Waals surface area contributed by atoms with Gasteiger partial charge in [0.2, 0.25) is 0 Å². The fourth-order valence-corrected chi connectivity index (χ4v) is 2.86. The summed E-state index contributed by atoms with van der Waals surface area (Å²) >= 11 is 0. The van der Waals surface area contributed by atoms with Crippen LogP contribution < -0.4 is 10.6 Å². The molecule has 104 valence electrons. The second kappa shape index (κ2) is 4.67. The molecule has 0 saturated heterocycles. The Morgan fingerprint density at radius 1 is 1.45 bits per heavy atom. The maximum atomic E-state index is 12.9. The molecule has 20 heavy (non-hydrogen) atoms. The molecule has 0 saturated carbocycles. The molecule has 5 nitrogen and oxygen atoms in total. The van der Waals surface area contributed by atoms with Crippen LogP contribution in [0.3, 0.4) is 0 Å². The maximum Gasteiger partial charge on any atom is 0.278 e. The molecule has 1 aliphatic heterocycles. The standard InChI is InChI=1S/C15H18N4O/c1-3-18-14(12(16)9-17-18)15(20)19-10(2)8-11-6-4-5-7-13(11)19/h4-7,9-10H,3,8,16H2,1-2H3. The van der Waals surface area contributed by atoms with Gasteiger partial charge in [0, 0.05) is 18.3 Å². The lowest BCUT2D eigenvalue weighted by Crippen LogP contribution is -2.37. The number of amides is 1. The highest BCUT2D eigenvalue weighted by Gasteiger charge is 2.33. The predicted octanol–water partition coefficient (Wildman–Crippen LogP) is 2.08. The van der Waals surface area contributed by atoms with Gasteiger partial charge in [-0.3, -0.25) is 9.48 Å². The number of anilines is 2. The number of nitrogen functional groups attached to an aromatic ring is 1. The minimum Gasteiger partial charge on any atom is -0.396 e. The molecule has 2 N–H and O–H groups in total. The third-order valence-corrected chi connectivity index (χ3v) is 3.80. The number of hydrogen-bond acceptors (Lipinski definition) is 3. The number of aryl methyl sites for hydroxylation is 1. The van der Waals surface area contributed by atoms with Gasteiger partial charge in [-0.15, -0.1) is 0 Å². The van der Waals surface area contributed by atoms with Crippen molar-refractivity contribution in [1.29, 1.82) is 0 Å². The second-order valence-corrected chi connectivity index (χ2v) is 5.12. The summed E-state index contributed by atoms with van der Waals surface area (Å²) in [5.74, 6) is -0.0701. The SMILES string of the molecule is CCn1ncc(N)c1C(=O)N1c2ccccc2CC1C. The Morgan fingerprint density at radius 3 is 2.95 bits per heavy atom. The Morgan fingerprint density at radius 2 is 2.20 bits per heavy atom. The van der Waals surface area contributed by atoms with E-state index in [1.807, 2.05) is 30.0 Å². The first kappa shape index (κ1) is 12.7. The van der Waals surface area contributed by atoms with Crippen molar-refractivity contribution in [2.75, 3.05) is 10.6 Å². The van der Waals surface area contributed by atoms with Crippen LogP contribution in [0.1, 0.15) is 29.9 Å². The number of aromatic nitrogens is 2. The summed E-state index contributed by atoms with van der Waals surface area (Å²) in [6.45, 7) is 4.63. The van der Waals surface area contributed by atoms with Gasteiger partial charge in [0.15, 0.2) is 0 Å². The lowest BCUT2D eigenvalue weighted by Gasteiger charge is -2.23. The first-order valence-corrected chi connectivity index (χ1v) is 6.86. The highest BCUT2D eigenvalue weighted by molar-refractivity contribution is 6.09. The summed E-state index contributed by atoms with van der Waals surface area (Å²) in [5, 5.41) is 4.15. The molecular weight excluding hydrogens is 252 g/mol. The largest absolute Gasteiger partial charge is 0.396 e. The maximum absolute atomic E-state index is 12.9. The first-order valence-electron chi connectivity index (χ1n) is 6.86. The zero-order valence-corrected chi connectivity index (χ0v) is 11.7. The van der Waals surface area contributed by atoms with Gasteiger partial charge in [-0.2, -0.15) is 5.10 Å². The summed E-state index contributed by atoms with van der Waals surface area (Å²) in [5.41, 5.74) is 9.02. The van der Waals surface area contributed by atoms with Crippen LogP contribution in [0.5, 0.6) is 0 Å². The summed E-state index contributed by atoms with van der Waals surface area (Å²) < 4.78 is 1.66. The topological polar surface area (TPSA) is 64.2 Å². The van der Waals surface area contributed by atoms with Crippen LogP contribution in [0.15, 0.2) is 30.5 Å². The zero-order valence-electron chi connectivity index (χ0n) is 11.7. The third-order valence-electron chi connectivity index (χ3n) is 3.80. The van der Waals surface area contributed by atoms with Crippen molar-refractivity contribution >= 4 is 17.3 Å². The van der Waals surface area contributed by atoms with Crippen molar-refractivity contribution in [3.8, 4) is 0 Å². The summed E-state index contributed by atoms with van der Waals surface area (Å²) in [6.07, 6.45) is 2.42. The van der Waals surface area contributed by atoms with Crippen molar-refractivity contribution in [3.63, 3.8) is 0 Å². The minimum absolute atomic E-state index is 0.0701. The van der Waals surface area contributed by atoms with Gasteiger partial charge in [0.1, 0.15) is 5.69 Å². The second-order valence-electron chi connectivity index (χ2n) is 5.12. The van der Waals surface area contributed by atoms with Crippen molar-refractivity contribution in [2.24, 2.45) is 0 Å². The number of benzene rings is 1. The van der Waals surface area contributed by atoms with Crippen molar-refractivity contribution in [2.45, 2.75) is 32.9 Å². The van der Waals surface area contributed by atoms with E-state index in [0.717, 1.165) is 12.1 Å². The van der Waals surface area contributed by atoms with E-state index in [1.54, 1.807) is 10.9 Å². The van der Waals surface area contributed by atoms with E-state index < -0.39 is 0 Å². The number of para-hydroxylation sites is 1. The predicted molar refractivity (Wildman–Crippen MR) is 78.7 cm³/mol. The number of nitrogens with zero attached hydrogens (tertiary/aromatic N) is 3. The lowest BCUT2D eigenvalue weighted by atomic mass is 10.1. The van der Waals surface area contributed by atoms with Crippen LogP contribution in [-0.2, 0) is 13.0 Å². The third kappa shape index (κ3) is 1.78. The van der Waals surface area contributed by atoms with Gasteiger partial charge in [-0.1, -0.05) is 18.2 Å². The highest BCUT2D eigenvalue weighted by atomic mass is 16.2. The molecule has 0 radical (unpaired) electrons. The molecule has 0 fully saturated rings. The molecule has 1 atom stereocenters. The number of rotatable bonds is 2. The Bertz CT molecular complexity index is 662. The molecule has 0 spiro atoms. The smallest absolute Gasteiger partial charge is 0.278 e. The number of carbonyl (C=O) groups is 1. The lowest BCUT2D eigenvalue weighted by molar-refractivity contribution is 0.0972. The molecule has 0 bridgehead atoms. The van der Waals surface area contributed by atoms with Crippen LogP contribution >= 0.6 is 0 Å². The van der Waals surface area contributed by atoms with Crippen molar-refractivity contribution < 1.29 is 4.79 Å². The average Bonchev–Trinajstić information content (AvgIpc) is 2.97. The van der Waals surface area contributed by atoms with Gasteiger partial charge in [-0.25, -0.2) is 0 Å². The molecule has 1 amide bonds. The van der Waals surface area contributed by atoms with E-state index in [0.29, 0.717) is 17.9 Å². The van der Waals surface area contributed by atoms with Crippen LogP contribution in [0, 0.1) is 0 Å². The van der Waals surface area contributed by atoms with E-state index in [9.17, 15) is 4.79 Å². The molecule has 1 aromatic carbocycles. The Labute approximate surface area is 118 Å². The van der Waals surface area contributed by atoms with Crippen molar-refractivity contribution in [3.05, 3.63) is 41.7 Å². The molecule has 2 aromatic rings. The fraction of sp³-hybridized carbons (Fsp3) is 0.333. The van der Waals surface area contributed by atoms with Crippen LogP contribution in [0.25, 0.3) is 0 Å². The van der Waals surface area contributed by atoms with Crippen molar-refractivity contribution in [1.82, 2.24) is 9.78 Å². The van der Waals surface area contributed by atoms with Crippen LogP contribution in [0.4, 0.5) is 11.4 Å². The average molecular weight is 270 g/mol. The Kier molecular flexibility index (Phi) is 2.97. The molecule has 0 aliphatic carbocycles. The van der Waals surface area contributed by atoms with E-state index in [-0.39, 0.29) is 11.9 Å². The fourth-order valence-electron chi connectivity index (χ4n) is 2.86. The van der Waals surface area contributed by atoms with Gasteiger partial charge in [0.05, 0.1) is 11.9 Å². The monoisotopic (exact) mass is 270 g/mol. The van der Waals surface area contributed by atoms with Crippen LogP contribution in [0.2, 0.25) is 0 Å². The van der Waals surface area contributed by atoms with Crippen LogP contribution in [-0.4, -0.2) is 21.7 Å². The summed E-state index contributed by atoms with van der Waals surface area (Å²) in [7, 11) is 0. The molecule has 3 rings (SSSR count). The number of fused-ring (bicyclic) bond motifs is 1. The van der Waals surface area contributed by atoms with Gasteiger partial charge < -0.3 is 10.6 Å². The molecular formula is C15H18N4O. The quantitative estimate of drug-likeness (QED) is 0.908.